The van der Waals surface area contributed by atoms with Crippen molar-refractivity contribution in [3.8, 4) is 138 Å². The lowest BCUT2D eigenvalue weighted by Crippen LogP contribution is -2.68. The Labute approximate surface area is 665 Å². The van der Waals surface area contributed by atoms with Gasteiger partial charge in [0.2, 0.25) is 12.2 Å². The second-order valence-corrected chi connectivity index (χ2v) is 25.8. The van der Waals surface area contributed by atoms with Crippen LogP contribution in [0.3, 0.4) is 0 Å². The maximum Gasteiger partial charge on any atom is 0.339 e. The summed E-state index contributed by atoms with van der Waals surface area (Å²) in [5.74, 6) is -44.7. The molecule has 46 heteroatoms. The molecule has 24 N–H and O–H groups in total. The monoisotopic (exact) mass is 1690 g/mol. The van der Waals surface area contributed by atoms with Crippen molar-refractivity contribution in [2.45, 2.75) is 88.1 Å². The third-order valence-corrected chi connectivity index (χ3v) is 17.1. The SMILES string of the molecule is CC(=O)OC1(C)OC(COC(=O)c2cc(O)c(O)c(O)c2)C(OC(=O)c2cc(O)c(O)c(O)c2)C(OC(=O)c2cc(O)c(O)c(O)c2)C1OC(=O)c1cc(O)c(O)c(O)c1.CC(=O)OC1(C)OC(COC(=O)c2cc(O)c(O)c(O)c2)C(OC(=O)c2cc(O)c(O)c(O)c2)C(OC(=O)c2cc(O)c(O)c(O)c2)C1OC(=O)c1cc(O)c(O)c(O)c1. The molecule has 46 nitrogen and oxygen atoms in total. The van der Waals surface area contributed by atoms with Gasteiger partial charge in [-0.25, -0.2) is 38.4 Å². The average molecular weight is 1690 g/mol. The minimum atomic E-state index is -2.71. The number of benzene rings is 8. The fourth-order valence-electron chi connectivity index (χ4n) is 11.5. The van der Waals surface area contributed by atoms with E-state index in [-0.39, 0.29) is 0 Å². The molecule has 2 aliphatic heterocycles. The van der Waals surface area contributed by atoms with Gasteiger partial charge < -0.3 is 179 Å². The Hall–Kier alpha value is -16.4. The summed E-state index contributed by atoms with van der Waals surface area (Å²) in [6.07, 6.45) is -18.0. The van der Waals surface area contributed by atoms with Gasteiger partial charge in [0, 0.05) is 27.7 Å². The predicted molar refractivity (Wildman–Crippen MR) is 377 cm³/mol. The summed E-state index contributed by atoms with van der Waals surface area (Å²) in [7, 11) is 0. The molecule has 120 heavy (non-hydrogen) atoms. The smallest absolute Gasteiger partial charge is 0.339 e. The molecule has 2 aliphatic rings. The van der Waals surface area contributed by atoms with Crippen LogP contribution in [0.2, 0.25) is 0 Å². The van der Waals surface area contributed by atoms with Gasteiger partial charge in [0.25, 0.3) is 11.6 Å². The van der Waals surface area contributed by atoms with E-state index in [4.69, 9.17) is 56.8 Å². The molecule has 0 amide bonds. The van der Waals surface area contributed by atoms with Crippen molar-refractivity contribution in [2.75, 3.05) is 13.2 Å². The first-order chi connectivity index (χ1) is 56.0. The highest BCUT2D eigenvalue weighted by Gasteiger charge is 2.63. The van der Waals surface area contributed by atoms with E-state index in [0.29, 0.717) is 97.1 Å². The van der Waals surface area contributed by atoms with E-state index in [1.807, 2.05) is 0 Å². The van der Waals surface area contributed by atoms with Crippen LogP contribution in [0.15, 0.2) is 97.1 Å². The molecule has 2 heterocycles. The normalized spacial score (nSPS) is 19.7. The molecule has 0 spiro atoms. The van der Waals surface area contributed by atoms with Crippen molar-refractivity contribution < 1.29 is 227 Å². The molecule has 0 bridgehead atoms. The largest absolute Gasteiger partial charge is 0.504 e. The number of esters is 10. The third kappa shape index (κ3) is 18.8. The fourth-order valence-corrected chi connectivity index (χ4v) is 11.5. The highest BCUT2D eigenvalue weighted by molar-refractivity contribution is 5.96. The van der Waals surface area contributed by atoms with Crippen molar-refractivity contribution in [1.82, 2.24) is 0 Å². The van der Waals surface area contributed by atoms with Crippen molar-refractivity contribution in [1.29, 1.82) is 0 Å². The molecule has 8 aromatic rings. The van der Waals surface area contributed by atoms with Gasteiger partial charge in [0.15, 0.2) is 162 Å². The molecule has 2 fully saturated rings. The minimum absolute atomic E-state index is 0.591. The average Bonchev–Trinajstić information content (AvgIpc) is 0.751. The molecule has 10 rings (SSSR count). The van der Waals surface area contributed by atoms with Gasteiger partial charge in [-0.2, -0.15) is 0 Å². The fraction of sp³-hybridized carbons (Fsp3) is 0.216. The summed E-state index contributed by atoms with van der Waals surface area (Å²) in [4.78, 5) is 134. The van der Waals surface area contributed by atoms with E-state index in [1.54, 1.807) is 0 Å². The second kappa shape index (κ2) is 34.3. The molecular formula is C74H64O46. The zero-order chi connectivity index (χ0) is 89.1. The molecule has 10 atom stereocenters. The molecule has 8 aromatic carbocycles. The van der Waals surface area contributed by atoms with Crippen molar-refractivity contribution in [3.05, 3.63) is 142 Å². The van der Waals surface area contributed by atoms with Crippen LogP contribution < -0.4 is 0 Å². The number of phenols is 24. The zero-order valence-electron chi connectivity index (χ0n) is 61.0. The second-order valence-electron chi connectivity index (χ2n) is 25.8. The molecule has 0 aromatic heterocycles. The van der Waals surface area contributed by atoms with Crippen molar-refractivity contribution in [2.24, 2.45) is 0 Å². The first kappa shape index (κ1) is 87.5. The van der Waals surface area contributed by atoms with Crippen LogP contribution in [0, 0.1) is 0 Å². The lowest BCUT2D eigenvalue weighted by Gasteiger charge is -2.48. The van der Waals surface area contributed by atoms with Gasteiger partial charge in [-0.1, -0.05) is 0 Å². The number of rotatable bonds is 20. The van der Waals surface area contributed by atoms with Gasteiger partial charge in [-0.15, -0.1) is 0 Å². The van der Waals surface area contributed by atoms with Crippen molar-refractivity contribution in [3.63, 3.8) is 0 Å². The van der Waals surface area contributed by atoms with E-state index < -0.39 is 316 Å². The number of phenolic OH excluding ortho intramolecular Hbond substituents is 24. The number of carbonyl (C=O) groups excluding carboxylic acids is 10. The summed E-state index contributed by atoms with van der Waals surface area (Å²) in [6.45, 7) is 1.24. The first-order valence-corrected chi connectivity index (χ1v) is 33.4. The number of aromatic hydroxyl groups is 24. The third-order valence-electron chi connectivity index (χ3n) is 17.1. The lowest BCUT2D eigenvalue weighted by atomic mass is 9.92. The Morgan fingerprint density at radius 1 is 0.250 bits per heavy atom. The summed E-state index contributed by atoms with van der Waals surface area (Å²) in [5, 5.41) is 239. The van der Waals surface area contributed by atoms with Crippen LogP contribution in [-0.2, 0) is 66.4 Å². The lowest BCUT2D eigenvalue weighted by molar-refractivity contribution is -0.340. The Morgan fingerprint density at radius 3 is 0.567 bits per heavy atom. The minimum Gasteiger partial charge on any atom is -0.504 e. The van der Waals surface area contributed by atoms with Gasteiger partial charge in [-0.3, -0.25) is 9.59 Å². The van der Waals surface area contributed by atoms with Crippen molar-refractivity contribution >= 4 is 59.7 Å². The van der Waals surface area contributed by atoms with E-state index in [2.05, 4.69) is 0 Å². The predicted octanol–water partition coefficient (Wildman–Crippen LogP) is 3.33. The number of carbonyl (C=O) groups is 10. The Morgan fingerprint density at radius 2 is 0.400 bits per heavy atom. The summed E-state index contributed by atoms with van der Waals surface area (Å²) < 4.78 is 66.7. The van der Waals surface area contributed by atoms with E-state index in [1.165, 1.54) is 0 Å². The molecule has 0 saturated carbocycles. The van der Waals surface area contributed by atoms with Crippen LogP contribution in [-0.4, -0.2) is 256 Å². The molecule has 2 saturated heterocycles. The van der Waals surface area contributed by atoms with E-state index in [9.17, 15) is 171 Å². The van der Waals surface area contributed by atoms with Gasteiger partial charge in [0.1, 0.15) is 25.4 Å². The zero-order valence-corrected chi connectivity index (χ0v) is 61.0. The molecule has 0 radical (unpaired) electrons. The summed E-state index contributed by atoms with van der Waals surface area (Å²) >= 11 is 0. The Bertz CT molecular complexity index is 4960. The van der Waals surface area contributed by atoms with E-state index in [0.717, 1.165) is 27.7 Å². The maximum atomic E-state index is 13.8. The Balaban J connectivity index is 0.000000273. The van der Waals surface area contributed by atoms with Crippen LogP contribution >= 0.6 is 0 Å². The van der Waals surface area contributed by atoms with E-state index >= 15 is 0 Å². The number of ether oxygens (including phenoxy) is 12. The van der Waals surface area contributed by atoms with Crippen LogP contribution in [0.4, 0.5) is 0 Å². The molecular weight excluding hydrogens is 1620 g/mol. The number of hydrogen-bond donors (Lipinski definition) is 24. The highest BCUT2D eigenvalue weighted by atomic mass is 16.8. The first-order valence-electron chi connectivity index (χ1n) is 33.4. The maximum absolute atomic E-state index is 13.8. The molecule has 10 unspecified atom stereocenters. The molecule has 636 valence electrons. The molecule has 0 aliphatic carbocycles. The Kier molecular flexibility index (Phi) is 25.0. The highest BCUT2D eigenvalue weighted by Crippen LogP contribution is 2.47. The van der Waals surface area contributed by atoms with Gasteiger partial charge in [0.05, 0.1) is 44.5 Å². The number of hydrogen-bond acceptors (Lipinski definition) is 46. The van der Waals surface area contributed by atoms with Crippen LogP contribution in [0.25, 0.3) is 0 Å². The van der Waals surface area contributed by atoms with Crippen LogP contribution in [0.1, 0.15) is 111 Å². The van der Waals surface area contributed by atoms with Gasteiger partial charge >= 0.3 is 59.7 Å². The topological polar surface area (TPSA) is 767 Å². The quantitative estimate of drug-likeness (QED) is 0.0295. The standard InChI is InChI=1S/2C37H32O23/c2*1-12(38)59-37(2)32(58-36(54)16-9-23(45)29(50)24(46)10-16)31(57-35(53)15-7-21(43)28(49)22(44)8-15)30(56-34(52)14-5-19(41)27(48)20(42)6-14)25(60-37)11-55-33(51)13-3-17(39)26(47)18(40)4-13/h2*3-10,25,30-32,39-50H,11H2,1-2H3. The van der Waals surface area contributed by atoms with Gasteiger partial charge in [-0.05, 0) is 97.1 Å². The summed E-state index contributed by atoms with van der Waals surface area (Å²) in [6, 6.07) is 9.90. The summed E-state index contributed by atoms with van der Waals surface area (Å²) in [5.41, 5.74) is -5.53. The van der Waals surface area contributed by atoms with Crippen LogP contribution in [0.5, 0.6) is 138 Å².